The Hall–Kier alpha value is -1.38. The van der Waals surface area contributed by atoms with Crippen LogP contribution in [-0.2, 0) is 4.74 Å². The van der Waals surface area contributed by atoms with Gasteiger partial charge in [-0.05, 0) is 24.3 Å². The van der Waals surface area contributed by atoms with Crippen molar-refractivity contribution >= 4 is 5.69 Å². The van der Waals surface area contributed by atoms with E-state index in [9.17, 15) is 15.3 Å². The average molecular weight is 285 g/mol. The van der Waals surface area contributed by atoms with Crippen LogP contribution in [0.15, 0.2) is 24.3 Å². The minimum Gasteiger partial charge on any atom is -0.497 e. The number of benzene rings is 1. The number of anilines is 1. The van der Waals surface area contributed by atoms with Gasteiger partial charge >= 0.3 is 0 Å². The van der Waals surface area contributed by atoms with Gasteiger partial charge in [0.05, 0.1) is 13.7 Å². The minimum absolute atomic E-state index is 0.552. The Morgan fingerprint density at radius 1 is 1.25 bits per heavy atom. The summed E-state index contributed by atoms with van der Waals surface area (Å²) in [6.45, 7) is -0.552. The first-order valence-electron chi connectivity index (χ1n) is 6.28. The van der Waals surface area contributed by atoms with E-state index in [1.807, 2.05) is 0 Å². The van der Waals surface area contributed by atoms with Crippen LogP contribution in [-0.4, -0.2) is 64.8 Å². The lowest BCUT2D eigenvalue weighted by molar-refractivity contribution is -0.0774. The molecule has 7 nitrogen and oxygen atoms in total. The molecule has 1 fully saturated rings. The van der Waals surface area contributed by atoms with Crippen LogP contribution < -0.4 is 10.1 Å². The van der Waals surface area contributed by atoms with E-state index in [4.69, 9.17) is 14.6 Å². The topological polar surface area (TPSA) is 111 Å². The molecule has 112 valence electrons. The molecule has 1 heterocycles. The summed E-state index contributed by atoms with van der Waals surface area (Å²) in [6.07, 6.45) is -5.63. The predicted octanol–water partition coefficient (Wildman–Crippen LogP) is -1.09. The lowest BCUT2D eigenvalue weighted by Gasteiger charge is -2.19. The van der Waals surface area contributed by atoms with Crippen molar-refractivity contribution in [2.24, 2.45) is 0 Å². The molecule has 1 aliphatic heterocycles. The van der Waals surface area contributed by atoms with Crippen molar-refractivity contribution in [3.63, 3.8) is 0 Å². The molecule has 5 atom stereocenters. The third-order valence-electron chi connectivity index (χ3n) is 3.27. The summed E-state index contributed by atoms with van der Waals surface area (Å²) < 4.78 is 10.4. The van der Waals surface area contributed by atoms with Gasteiger partial charge in [0.15, 0.2) is 6.23 Å². The second kappa shape index (κ2) is 6.38. The first-order valence-corrected chi connectivity index (χ1v) is 6.28. The molecule has 0 radical (unpaired) electrons. The van der Waals surface area contributed by atoms with E-state index >= 15 is 0 Å². The van der Waals surface area contributed by atoms with E-state index in [1.165, 1.54) is 0 Å². The van der Waals surface area contributed by atoms with Crippen LogP contribution in [0.2, 0.25) is 0 Å². The number of aliphatic hydroxyl groups is 4. The molecule has 0 aromatic heterocycles. The summed E-state index contributed by atoms with van der Waals surface area (Å²) in [6, 6.07) is 6.94. The molecule has 1 saturated heterocycles. The normalized spacial score (nSPS) is 31.1. The van der Waals surface area contributed by atoms with Crippen LogP contribution in [0.4, 0.5) is 5.69 Å². The van der Waals surface area contributed by atoms with Crippen LogP contribution in [0.3, 0.4) is 0 Å². The first-order chi connectivity index (χ1) is 9.56. The lowest BCUT2D eigenvalue weighted by Crippen LogP contribution is -2.40. The molecule has 0 unspecified atom stereocenters. The maximum absolute atomic E-state index is 9.88. The van der Waals surface area contributed by atoms with Crippen molar-refractivity contribution in [1.82, 2.24) is 0 Å². The zero-order valence-electron chi connectivity index (χ0n) is 11.0. The van der Waals surface area contributed by atoms with Gasteiger partial charge in [0.25, 0.3) is 0 Å². The van der Waals surface area contributed by atoms with E-state index in [0.717, 1.165) is 0 Å². The zero-order chi connectivity index (χ0) is 14.7. The third kappa shape index (κ3) is 3.02. The Bertz CT molecular complexity index is 425. The first kappa shape index (κ1) is 15.0. The molecule has 20 heavy (non-hydrogen) atoms. The van der Waals surface area contributed by atoms with Crippen LogP contribution >= 0.6 is 0 Å². The van der Waals surface area contributed by atoms with Gasteiger partial charge < -0.3 is 35.2 Å². The largest absolute Gasteiger partial charge is 0.497 e. The van der Waals surface area contributed by atoms with E-state index < -0.39 is 37.3 Å². The Labute approximate surface area is 116 Å². The van der Waals surface area contributed by atoms with Crippen molar-refractivity contribution in [3.05, 3.63) is 24.3 Å². The Kier molecular flexibility index (Phi) is 4.79. The number of methoxy groups -OCH3 is 1. The Balaban J connectivity index is 2.02. The van der Waals surface area contributed by atoms with Crippen molar-refractivity contribution in [3.8, 4) is 5.75 Å². The highest BCUT2D eigenvalue weighted by Gasteiger charge is 2.45. The van der Waals surface area contributed by atoms with Crippen molar-refractivity contribution in [2.75, 3.05) is 19.0 Å². The van der Waals surface area contributed by atoms with Gasteiger partial charge in [-0.2, -0.15) is 0 Å². The van der Waals surface area contributed by atoms with Gasteiger partial charge in [0.1, 0.15) is 30.2 Å². The number of hydrogen-bond acceptors (Lipinski definition) is 7. The SMILES string of the molecule is COc1ccc(N[C@@H]2O[C@H]([C@H](O)CO)[C@H](O)[C@@H]2O)cc1. The molecule has 2 rings (SSSR count). The van der Waals surface area contributed by atoms with Crippen LogP contribution in [0.5, 0.6) is 5.75 Å². The fourth-order valence-electron chi connectivity index (χ4n) is 2.10. The highest BCUT2D eigenvalue weighted by molar-refractivity contribution is 5.47. The summed E-state index contributed by atoms with van der Waals surface area (Å²) in [5.41, 5.74) is 0.668. The zero-order valence-corrected chi connectivity index (χ0v) is 11.0. The van der Waals surface area contributed by atoms with Gasteiger partial charge in [0.2, 0.25) is 0 Å². The third-order valence-corrected chi connectivity index (χ3v) is 3.27. The van der Waals surface area contributed by atoms with Gasteiger partial charge in [-0.15, -0.1) is 0 Å². The second-order valence-corrected chi connectivity index (χ2v) is 4.63. The highest BCUT2D eigenvalue weighted by Crippen LogP contribution is 2.26. The van der Waals surface area contributed by atoms with Crippen LogP contribution in [0.1, 0.15) is 0 Å². The molecule has 0 saturated carbocycles. The number of ether oxygens (including phenoxy) is 2. The standard InChI is InChI=1S/C13H19NO6/c1-19-8-4-2-7(3-5-8)14-13-11(18)10(17)12(20-13)9(16)6-15/h2-5,9-18H,6H2,1H3/t9-,10-,11+,12-,13-/m1/s1. The van der Waals surface area contributed by atoms with Gasteiger partial charge in [0, 0.05) is 5.69 Å². The highest BCUT2D eigenvalue weighted by atomic mass is 16.6. The fourth-order valence-corrected chi connectivity index (χ4v) is 2.10. The van der Waals surface area contributed by atoms with E-state index in [0.29, 0.717) is 11.4 Å². The molecule has 0 aliphatic carbocycles. The molecule has 0 bridgehead atoms. The van der Waals surface area contributed by atoms with Crippen LogP contribution in [0.25, 0.3) is 0 Å². The number of hydrogen-bond donors (Lipinski definition) is 5. The monoisotopic (exact) mass is 285 g/mol. The summed E-state index contributed by atoms with van der Waals surface area (Å²) in [5.74, 6) is 0.692. The predicted molar refractivity (Wildman–Crippen MR) is 70.4 cm³/mol. The Morgan fingerprint density at radius 2 is 1.90 bits per heavy atom. The molecule has 1 aliphatic rings. The lowest BCUT2D eigenvalue weighted by atomic mass is 10.1. The van der Waals surface area contributed by atoms with Gasteiger partial charge in [-0.3, -0.25) is 0 Å². The number of rotatable bonds is 5. The molecule has 0 amide bonds. The molecule has 1 aromatic carbocycles. The molecule has 5 N–H and O–H groups in total. The average Bonchev–Trinajstić information content (AvgIpc) is 2.76. The molecule has 1 aromatic rings. The summed E-state index contributed by atoms with van der Waals surface area (Å²) in [4.78, 5) is 0. The number of nitrogens with one attached hydrogen (secondary N) is 1. The number of aliphatic hydroxyl groups excluding tert-OH is 4. The second-order valence-electron chi connectivity index (χ2n) is 4.63. The smallest absolute Gasteiger partial charge is 0.157 e. The quantitative estimate of drug-likeness (QED) is 0.467. The van der Waals surface area contributed by atoms with Gasteiger partial charge in [-0.25, -0.2) is 0 Å². The van der Waals surface area contributed by atoms with E-state index in [2.05, 4.69) is 5.32 Å². The summed E-state index contributed by atoms with van der Waals surface area (Å²) >= 11 is 0. The minimum atomic E-state index is -1.27. The van der Waals surface area contributed by atoms with Crippen LogP contribution in [0, 0.1) is 0 Å². The van der Waals surface area contributed by atoms with E-state index in [1.54, 1.807) is 31.4 Å². The van der Waals surface area contributed by atoms with Crippen molar-refractivity contribution < 1.29 is 29.9 Å². The summed E-state index contributed by atoms with van der Waals surface area (Å²) in [5, 5.41) is 40.9. The molecular weight excluding hydrogens is 266 g/mol. The molecule has 7 heteroatoms. The Morgan fingerprint density at radius 3 is 2.45 bits per heavy atom. The maximum atomic E-state index is 9.88. The van der Waals surface area contributed by atoms with Crippen molar-refractivity contribution in [1.29, 1.82) is 0 Å². The molecule has 0 spiro atoms. The summed E-state index contributed by atoms with van der Waals surface area (Å²) in [7, 11) is 1.56. The molecular formula is C13H19NO6. The van der Waals surface area contributed by atoms with Gasteiger partial charge in [-0.1, -0.05) is 0 Å². The van der Waals surface area contributed by atoms with E-state index in [-0.39, 0.29) is 0 Å². The maximum Gasteiger partial charge on any atom is 0.157 e. The van der Waals surface area contributed by atoms with Crippen molar-refractivity contribution in [2.45, 2.75) is 30.6 Å². The fraction of sp³-hybridized carbons (Fsp3) is 0.538.